The van der Waals surface area contributed by atoms with Crippen LogP contribution in [0, 0.1) is 10.1 Å². The van der Waals surface area contributed by atoms with E-state index in [4.69, 9.17) is 5.11 Å². The molecule has 0 unspecified atom stereocenters. The van der Waals surface area contributed by atoms with Crippen LogP contribution in [0.2, 0.25) is 0 Å². The first-order valence-corrected chi connectivity index (χ1v) is 7.87. The smallest absolute Gasteiger partial charge is 0.305 e. The average Bonchev–Trinajstić information content (AvgIpc) is 2.42. The van der Waals surface area contributed by atoms with Gasteiger partial charge in [-0.3, -0.25) is 19.7 Å². The van der Waals surface area contributed by atoms with Crippen LogP contribution in [0.4, 0.5) is 5.69 Å². The van der Waals surface area contributed by atoms with Gasteiger partial charge in [0.15, 0.2) is 0 Å². The number of rotatable bonds is 5. The second-order valence-corrected chi connectivity index (χ2v) is 7.40. The number of nitro groups is 1. The summed E-state index contributed by atoms with van der Waals surface area (Å²) in [7, 11) is 0. The summed E-state index contributed by atoms with van der Waals surface area (Å²) >= 11 is 0. The Morgan fingerprint density at radius 2 is 1.96 bits per heavy atom. The zero-order valence-electron chi connectivity index (χ0n) is 14.1. The molecule has 0 bridgehead atoms. The van der Waals surface area contributed by atoms with Crippen LogP contribution in [0.25, 0.3) is 0 Å². The molecule has 1 aromatic carbocycles. The Morgan fingerprint density at radius 1 is 1.33 bits per heavy atom. The number of carbonyl (C=O) groups excluding carboxylic acids is 1. The fourth-order valence-corrected chi connectivity index (χ4v) is 3.01. The van der Waals surface area contributed by atoms with E-state index >= 15 is 0 Å². The Hall–Kier alpha value is -2.44. The van der Waals surface area contributed by atoms with Gasteiger partial charge in [0.25, 0.3) is 11.6 Å². The first-order chi connectivity index (χ1) is 11.0. The molecule has 130 valence electrons. The Bertz CT molecular complexity index is 687. The summed E-state index contributed by atoms with van der Waals surface area (Å²) in [5.41, 5.74) is -0.536. The first kappa shape index (κ1) is 17.9. The molecule has 0 atom stereocenters. The summed E-state index contributed by atoms with van der Waals surface area (Å²) < 4.78 is 0. The van der Waals surface area contributed by atoms with E-state index in [0.717, 1.165) is 6.42 Å². The van der Waals surface area contributed by atoms with Gasteiger partial charge in [0.05, 0.1) is 16.9 Å². The van der Waals surface area contributed by atoms with E-state index in [0.29, 0.717) is 18.4 Å². The van der Waals surface area contributed by atoms with E-state index in [-0.39, 0.29) is 17.7 Å². The van der Waals surface area contributed by atoms with Crippen molar-refractivity contribution < 1.29 is 19.6 Å². The van der Waals surface area contributed by atoms with Gasteiger partial charge in [0.1, 0.15) is 0 Å². The largest absolute Gasteiger partial charge is 0.481 e. The Balaban J connectivity index is 2.29. The van der Waals surface area contributed by atoms with Crippen molar-refractivity contribution in [2.45, 2.75) is 57.4 Å². The van der Waals surface area contributed by atoms with Crippen molar-refractivity contribution >= 4 is 17.6 Å². The molecule has 0 heterocycles. The van der Waals surface area contributed by atoms with Gasteiger partial charge in [-0.1, -0.05) is 26.8 Å². The van der Waals surface area contributed by atoms with Crippen molar-refractivity contribution in [1.82, 2.24) is 5.32 Å². The summed E-state index contributed by atoms with van der Waals surface area (Å²) in [6, 6.07) is 4.41. The van der Waals surface area contributed by atoms with Crippen LogP contribution in [0.3, 0.4) is 0 Å². The molecular formula is C17H22N2O5. The topological polar surface area (TPSA) is 110 Å². The highest BCUT2D eigenvalue weighted by Gasteiger charge is 2.40. The third-order valence-corrected chi connectivity index (χ3v) is 4.44. The maximum Gasteiger partial charge on any atom is 0.305 e. The second kappa shape index (κ2) is 6.22. The Morgan fingerprint density at radius 3 is 2.38 bits per heavy atom. The molecule has 1 aromatic rings. The SMILES string of the molecule is CC(C)(C)c1ccc(C(=O)NC2(CC(=O)O)CCC2)cc1[N+](=O)[O-]. The molecule has 0 saturated heterocycles. The average molecular weight is 334 g/mol. The predicted octanol–water partition coefficient (Wildman–Crippen LogP) is 3.02. The predicted molar refractivity (Wildman–Crippen MR) is 88.1 cm³/mol. The normalized spacial score (nSPS) is 16.1. The number of benzene rings is 1. The highest BCUT2D eigenvalue weighted by molar-refractivity contribution is 5.96. The number of nitrogens with one attached hydrogen (secondary N) is 1. The molecule has 1 aliphatic rings. The van der Waals surface area contributed by atoms with Crippen LogP contribution in [0.5, 0.6) is 0 Å². The van der Waals surface area contributed by atoms with Crippen LogP contribution < -0.4 is 5.32 Å². The summed E-state index contributed by atoms with van der Waals surface area (Å²) in [5, 5.41) is 23.1. The van der Waals surface area contributed by atoms with E-state index < -0.39 is 27.8 Å². The summed E-state index contributed by atoms with van der Waals surface area (Å²) in [6.07, 6.45) is 1.93. The van der Waals surface area contributed by atoms with Crippen LogP contribution in [-0.4, -0.2) is 27.4 Å². The van der Waals surface area contributed by atoms with Gasteiger partial charge >= 0.3 is 5.97 Å². The van der Waals surface area contributed by atoms with E-state index in [1.165, 1.54) is 6.07 Å². The molecule has 0 radical (unpaired) electrons. The van der Waals surface area contributed by atoms with Crippen LogP contribution >= 0.6 is 0 Å². The number of carboxylic acid groups (broad SMARTS) is 1. The number of nitro benzene ring substituents is 1. The molecule has 0 aliphatic heterocycles. The number of nitrogens with zero attached hydrogens (tertiary/aromatic N) is 1. The number of aliphatic carboxylic acids is 1. The number of amides is 1. The van der Waals surface area contributed by atoms with E-state index in [9.17, 15) is 19.7 Å². The monoisotopic (exact) mass is 334 g/mol. The summed E-state index contributed by atoms with van der Waals surface area (Å²) in [4.78, 5) is 34.3. The molecule has 0 aromatic heterocycles. The maximum absolute atomic E-state index is 12.4. The van der Waals surface area contributed by atoms with Gasteiger partial charge in [-0.25, -0.2) is 0 Å². The van der Waals surface area contributed by atoms with Crippen molar-refractivity contribution in [1.29, 1.82) is 0 Å². The van der Waals surface area contributed by atoms with Crippen molar-refractivity contribution in [3.05, 3.63) is 39.4 Å². The Labute approximate surface area is 140 Å². The molecule has 1 saturated carbocycles. The third-order valence-electron chi connectivity index (χ3n) is 4.44. The van der Waals surface area contributed by atoms with Gasteiger partial charge < -0.3 is 10.4 Å². The van der Waals surface area contributed by atoms with E-state index in [1.54, 1.807) is 12.1 Å². The number of hydrogen-bond donors (Lipinski definition) is 2. The van der Waals surface area contributed by atoms with Crippen LogP contribution in [0.15, 0.2) is 18.2 Å². The lowest BCUT2D eigenvalue weighted by atomic mass is 9.74. The van der Waals surface area contributed by atoms with Gasteiger partial charge in [-0.05, 0) is 30.7 Å². The van der Waals surface area contributed by atoms with Crippen LogP contribution in [-0.2, 0) is 10.2 Å². The third kappa shape index (κ3) is 3.72. The van der Waals surface area contributed by atoms with Gasteiger partial charge in [-0.2, -0.15) is 0 Å². The molecular weight excluding hydrogens is 312 g/mol. The second-order valence-electron chi connectivity index (χ2n) is 7.40. The van der Waals surface area contributed by atoms with Crippen molar-refractivity contribution in [3.63, 3.8) is 0 Å². The fraction of sp³-hybridized carbons (Fsp3) is 0.529. The van der Waals surface area contributed by atoms with Crippen molar-refractivity contribution in [2.24, 2.45) is 0 Å². The Kier molecular flexibility index (Phi) is 4.64. The zero-order valence-corrected chi connectivity index (χ0v) is 14.1. The quantitative estimate of drug-likeness (QED) is 0.635. The van der Waals surface area contributed by atoms with Crippen molar-refractivity contribution in [2.75, 3.05) is 0 Å². The van der Waals surface area contributed by atoms with Gasteiger partial charge in [-0.15, -0.1) is 0 Å². The van der Waals surface area contributed by atoms with E-state index in [1.807, 2.05) is 20.8 Å². The fourth-order valence-electron chi connectivity index (χ4n) is 3.01. The lowest BCUT2D eigenvalue weighted by Gasteiger charge is -2.41. The summed E-state index contributed by atoms with van der Waals surface area (Å²) in [6.45, 7) is 5.60. The molecule has 1 fully saturated rings. The van der Waals surface area contributed by atoms with E-state index in [2.05, 4.69) is 5.32 Å². The highest BCUT2D eigenvalue weighted by Crippen LogP contribution is 2.36. The molecule has 1 amide bonds. The van der Waals surface area contributed by atoms with Gasteiger partial charge in [0.2, 0.25) is 0 Å². The molecule has 24 heavy (non-hydrogen) atoms. The number of carbonyl (C=O) groups is 2. The molecule has 2 rings (SSSR count). The number of hydrogen-bond acceptors (Lipinski definition) is 4. The standard InChI is InChI=1S/C17H22N2O5/c1-16(2,3)12-6-5-11(9-13(12)19(23)24)15(22)18-17(7-4-8-17)10-14(20)21/h5-6,9H,4,7-8,10H2,1-3H3,(H,18,22)(H,20,21). The van der Waals surface area contributed by atoms with Crippen molar-refractivity contribution in [3.8, 4) is 0 Å². The lowest BCUT2D eigenvalue weighted by Crippen LogP contribution is -2.54. The number of carboxylic acids is 1. The minimum Gasteiger partial charge on any atom is -0.481 e. The van der Waals surface area contributed by atoms with Crippen LogP contribution in [0.1, 0.15) is 62.4 Å². The molecule has 0 spiro atoms. The van der Waals surface area contributed by atoms with Gasteiger partial charge in [0, 0.05) is 17.2 Å². The molecule has 1 aliphatic carbocycles. The zero-order chi connectivity index (χ0) is 18.1. The summed E-state index contributed by atoms with van der Waals surface area (Å²) in [5.74, 6) is -1.44. The maximum atomic E-state index is 12.4. The lowest BCUT2D eigenvalue weighted by molar-refractivity contribution is -0.386. The highest BCUT2D eigenvalue weighted by atomic mass is 16.6. The minimum atomic E-state index is -0.968. The molecule has 7 nitrogen and oxygen atoms in total. The first-order valence-electron chi connectivity index (χ1n) is 7.87. The minimum absolute atomic E-state index is 0.101. The molecule has 2 N–H and O–H groups in total. The molecule has 7 heteroatoms.